The number of carboxylic acids is 1. The molecule has 0 aliphatic rings. The first-order valence-electron chi connectivity index (χ1n) is 7.81. The third-order valence-electron chi connectivity index (χ3n) is 2.26. The Labute approximate surface area is 156 Å². The molecule has 0 aromatic carbocycles. The molecule has 0 saturated heterocycles. The van der Waals surface area contributed by atoms with Crippen LogP contribution in [-0.4, -0.2) is 90.3 Å². The van der Waals surface area contributed by atoms with Gasteiger partial charge in [0.25, 0.3) is 0 Å². The number of rotatable bonds is 6. The highest BCUT2D eigenvalue weighted by Crippen LogP contribution is 2.21. The van der Waals surface area contributed by atoms with E-state index in [4.69, 9.17) is 24.2 Å². The van der Waals surface area contributed by atoms with Gasteiger partial charge in [0.2, 0.25) is 8.32 Å². The highest BCUT2D eigenvalue weighted by Gasteiger charge is 2.38. The van der Waals surface area contributed by atoms with E-state index >= 15 is 0 Å². The summed E-state index contributed by atoms with van der Waals surface area (Å²) in [5, 5.41) is 17.1. The van der Waals surface area contributed by atoms with E-state index in [1.54, 1.807) is 0 Å². The molecule has 0 heterocycles. The van der Waals surface area contributed by atoms with Crippen molar-refractivity contribution in [2.24, 2.45) is 0 Å². The summed E-state index contributed by atoms with van der Waals surface area (Å²) < 4.78 is 8.42. The van der Waals surface area contributed by atoms with E-state index in [-0.39, 0.29) is 13.0 Å². The summed E-state index contributed by atoms with van der Waals surface area (Å²) in [5.74, 6) is -1.08. The molecule has 7 nitrogen and oxygen atoms in total. The molecule has 0 rings (SSSR count). The zero-order valence-corrected chi connectivity index (χ0v) is 18.4. The summed E-state index contributed by atoms with van der Waals surface area (Å²) in [4.78, 5) is 17.1. The molecule has 0 saturated carbocycles. The molecular weight excluding hydrogens is 340 g/mol. The van der Waals surface area contributed by atoms with Gasteiger partial charge < -0.3 is 33.2 Å². The molecule has 0 spiro atoms. The normalized spacial score (nSPS) is 11.8. The van der Waals surface area contributed by atoms with Crippen molar-refractivity contribution in [1.82, 2.24) is 0 Å². The third kappa shape index (κ3) is 35.1. The van der Waals surface area contributed by atoms with Crippen LogP contribution in [0.15, 0.2) is 0 Å². The molecule has 0 N–H and O–H groups in total. The average Bonchev–Trinajstić information content (AvgIpc) is 2.04. The standard InChI is InChI=1S/C13H34N2OSi.C2H4O2.CH2O2.CH4/c1-13(2,11-14(3,4)5)16-17(9,10)12-15(6,7)8;1-2(3)4;2-1-3;/h11-12H2,1-10H3;1H3,(H,3,4);1H,(H,2,3);1H4/q+2;;;/p-2. The maximum atomic E-state index is 8.89. The molecule has 0 radical (unpaired) electrons. The fraction of sp³-hybridized carbons (Fsp3) is 0.882. The highest BCUT2D eigenvalue weighted by molar-refractivity contribution is 6.71. The number of aliphatic carboxylic acids is 1. The molecule has 0 amide bonds. The van der Waals surface area contributed by atoms with E-state index in [9.17, 15) is 0 Å². The molecule has 0 bridgehead atoms. The van der Waals surface area contributed by atoms with Gasteiger partial charge in [-0.25, -0.2) is 0 Å². The molecule has 0 aromatic heterocycles. The number of carbonyl (C=O) groups is 2. The predicted octanol–water partition coefficient (Wildman–Crippen LogP) is -0.303. The van der Waals surface area contributed by atoms with E-state index in [1.807, 2.05) is 0 Å². The quantitative estimate of drug-likeness (QED) is 0.357. The monoisotopic (exact) mass is 382 g/mol. The lowest BCUT2D eigenvalue weighted by atomic mass is 10.1. The number of hydrogen-bond donors (Lipinski definition) is 0. The second kappa shape index (κ2) is 12.4. The highest BCUT2D eigenvalue weighted by atomic mass is 28.4. The van der Waals surface area contributed by atoms with Gasteiger partial charge in [-0.2, -0.15) is 0 Å². The predicted molar refractivity (Wildman–Crippen MR) is 102 cm³/mol. The maximum absolute atomic E-state index is 8.89. The number of hydrogen-bond acceptors (Lipinski definition) is 5. The van der Waals surface area contributed by atoms with E-state index in [2.05, 4.69) is 69.2 Å². The smallest absolute Gasteiger partial charge is 0.246 e. The minimum absolute atomic E-state index is 0. The van der Waals surface area contributed by atoms with Crippen LogP contribution in [0.4, 0.5) is 0 Å². The summed E-state index contributed by atoms with van der Waals surface area (Å²) in [6.07, 6.45) is 1.15. The second-order valence-corrected chi connectivity index (χ2v) is 13.1. The number of quaternary nitrogens is 2. The third-order valence-corrected chi connectivity index (χ3v) is 5.08. The van der Waals surface area contributed by atoms with Crippen LogP contribution < -0.4 is 10.2 Å². The lowest BCUT2D eigenvalue weighted by Gasteiger charge is -2.41. The van der Waals surface area contributed by atoms with Crippen molar-refractivity contribution in [2.45, 2.75) is 46.9 Å². The first kappa shape index (κ1) is 31.8. The SMILES string of the molecule is C.CC(=O)[O-].CC(C)(C[N+](C)(C)C)O[Si](C)(C)C[N+](C)(C)C.O=C[O-]. The Morgan fingerprint density at radius 3 is 1.56 bits per heavy atom. The Hall–Kier alpha value is -0.963. The largest absolute Gasteiger partial charge is 0.554 e. The van der Waals surface area contributed by atoms with Crippen molar-refractivity contribution in [3.05, 3.63) is 0 Å². The number of nitrogens with zero attached hydrogens (tertiary/aromatic N) is 2. The molecule has 8 heteroatoms. The van der Waals surface area contributed by atoms with E-state index in [1.165, 1.54) is 0 Å². The molecule has 25 heavy (non-hydrogen) atoms. The zero-order chi connectivity index (χ0) is 20.4. The van der Waals surface area contributed by atoms with E-state index < -0.39 is 20.8 Å². The molecule has 0 aliphatic heterocycles. The van der Waals surface area contributed by atoms with Crippen LogP contribution in [0.1, 0.15) is 28.2 Å². The van der Waals surface area contributed by atoms with Crippen molar-refractivity contribution >= 4 is 20.8 Å². The average molecular weight is 383 g/mol. The summed E-state index contributed by atoms with van der Waals surface area (Å²) in [5.41, 5.74) is -0.0385. The van der Waals surface area contributed by atoms with Crippen molar-refractivity contribution in [3.63, 3.8) is 0 Å². The topological polar surface area (TPSA) is 89.5 Å². The molecule has 154 valence electrons. The molecule has 0 aromatic rings. The summed E-state index contributed by atoms with van der Waals surface area (Å²) >= 11 is 0. The van der Waals surface area contributed by atoms with Gasteiger partial charge in [-0.1, -0.05) is 7.43 Å². The van der Waals surface area contributed by atoms with Gasteiger partial charge in [-0.3, -0.25) is 0 Å². The minimum atomic E-state index is -1.61. The fourth-order valence-electron chi connectivity index (χ4n) is 3.10. The van der Waals surface area contributed by atoms with Crippen LogP contribution in [-0.2, 0) is 14.0 Å². The molecule has 0 unspecified atom stereocenters. The Balaban J connectivity index is -0.000000235. The Morgan fingerprint density at radius 1 is 1.08 bits per heavy atom. The zero-order valence-electron chi connectivity index (χ0n) is 17.4. The van der Waals surface area contributed by atoms with Crippen LogP contribution in [0.25, 0.3) is 0 Å². The van der Waals surface area contributed by atoms with E-state index in [0.717, 1.165) is 28.6 Å². The van der Waals surface area contributed by atoms with Crippen LogP contribution in [0.2, 0.25) is 13.1 Å². The molecule has 0 atom stereocenters. The van der Waals surface area contributed by atoms with Gasteiger partial charge in [0.05, 0.1) is 54.1 Å². The molecule has 0 aliphatic carbocycles. The Morgan fingerprint density at radius 2 is 1.36 bits per heavy atom. The van der Waals surface area contributed by atoms with E-state index in [0.29, 0.717) is 0 Å². The van der Waals surface area contributed by atoms with Gasteiger partial charge in [0.15, 0.2) is 0 Å². The number of likely N-dealkylation sites (N-methyl/N-ethyl adjacent to an activating group) is 1. The van der Waals surface area contributed by atoms with Gasteiger partial charge >= 0.3 is 0 Å². The summed E-state index contributed by atoms with van der Waals surface area (Å²) in [6.45, 7) is 10.6. The second-order valence-electron chi connectivity index (χ2n) is 9.11. The van der Waals surface area contributed by atoms with Crippen molar-refractivity contribution in [3.8, 4) is 0 Å². The Kier molecular flexibility index (Phi) is 15.8. The Bertz CT molecular complexity index is 342. The van der Waals surface area contributed by atoms with Crippen molar-refractivity contribution in [2.75, 3.05) is 55.0 Å². The van der Waals surface area contributed by atoms with Crippen LogP contribution in [0.3, 0.4) is 0 Å². The van der Waals surface area contributed by atoms with Crippen molar-refractivity contribution < 1.29 is 33.2 Å². The lowest BCUT2D eigenvalue weighted by molar-refractivity contribution is -0.876. The maximum Gasteiger partial charge on any atom is 0.246 e. The summed E-state index contributed by atoms with van der Waals surface area (Å²) in [6, 6.07) is 0. The van der Waals surface area contributed by atoms with Gasteiger partial charge in [0, 0.05) is 12.4 Å². The van der Waals surface area contributed by atoms with Gasteiger partial charge in [0.1, 0.15) is 6.54 Å². The molecule has 0 fully saturated rings. The molecular formula is C17H42N2O5Si. The number of carbonyl (C=O) groups excluding carboxylic acids is 2. The first-order valence-corrected chi connectivity index (χ1v) is 10.9. The van der Waals surface area contributed by atoms with Crippen molar-refractivity contribution in [1.29, 1.82) is 0 Å². The fourth-order valence-corrected chi connectivity index (χ4v) is 7.01. The van der Waals surface area contributed by atoms with Gasteiger partial charge in [-0.15, -0.1) is 0 Å². The lowest BCUT2D eigenvalue weighted by Crippen LogP contribution is -2.57. The minimum Gasteiger partial charge on any atom is -0.554 e. The van der Waals surface area contributed by atoms with Gasteiger partial charge in [-0.05, 0) is 33.9 Å². The van der Waals surface area contributed by atoms with Crippen LogP contribution in [0, 0.1) is 0 Å². The number of carboxylic acid groups (broad SMARTS) is 2. The first-order chi connectivity index (χ1) is 10.3. The van der Waals surface area contributed by atoms with Crippen LogP contribution in [0.5, 0.6) is 0 Å². The van der Waals surface area contributed by atoms with Crippen LogP contribution >= 0.6 is 0 Å². The summed E-state index contributed by atoms with van der Waals surface area (Å²) in [7, 11) is 11.8.